The third kappa shape index (κ3) is 2.69. The lowest BCUT2D eigenvalue weighted by molar-refractivity contribution is -0.134. The summed E-state index contributed by atoms with van der Waals surface area (Å²) in [6.07, 6.45) is 3.16. The highest BCUT2D eigenvalue weighted by Crippen LogP contribution is 2.33. The molecule has 1 rings (SSSR count). The van der Waals surface area contributed by atoms with Crippen molar-refractivity contribution < 1.29 is 4.79 Å². The normalized spacial score (nSPS) is 17.2. The van der Waals surface area contributed by atoms with Crippen molar-refractivity contribution in [1.82, 2.24) is 4.90 Å². The summed E-state index contributed by atoms with van der Waals surface area (Å²) in [4.78, 5) is 13.5. The van der Waals surface area contributed by atoms with Gasteiger partial charge in [0.1, 0.15) is 0 Å². The van der Waals surface area contributed by atoms with Gasteiger partial charge < -0.3 is 10.6 Å². The first kappa shape index (κ1) is 10.5. The van der Waals surface area contributed by atoms with Crippen LogP contribution in [0.1, 0.15) is 33.1 Å². The lowest BCUT2D eigenvalue weighted by atomic mass is 10.0. The summed E-state index contributed by atoms with van der Waals surface area (Å²) in [7, 11) is 1.84. The van der Waals surface area contributed by atoms with Crippen LogP contribution in [-0.4, -0.2) is 29.9 Å². The van der Waals surface area contributed by atoms with Gasteiger partial charge in [0.05, 0.1) is 0 Å². The first-order valence-electron chi connectivity index (χ1n) is 4.94. The number of hydrogen-bond donors (Lipinski definition) is 1. The summed E-state index contributed by atoms with van der Waals surface area (Å²) in [6, 6.07) is 0. The molecular formula is C10H20N2O. The van der Waals surface area contributed by atoms with Crippen LogP contribution in [0.3, 0.4) is 0 Å². The number of likely N-dealkylation sites (N-methyl/N-ethyl adjacent to an activating group) is 1. The summed E-state index contributed by atoms with van der Waals surface area (Å²) in [5, 5.41) is 0. The van der Waals surface area contributed by atoms with Gasteiger partial charge in [0.15, 0.2) is 0 Å². The zero-order valence-corrected chi connectivity index (χ0v) is 8.84. The smallest absolute Gasteiger partial charge is 0.223 e. The van der Waals surface area contributed by atoms with Gasteiger partial charge in [0, 0.05) is 25.6 Å². The number of carbonyl (C=O) groups is 1. The van der Waals surface area contributed by atoms with Gasteiger partial charge in [-0.2, -0.15) is 0 Å². The summed E-state index contributed by atoms with van der Waals surface area (Å²) in [6.45, 7) is 4.51. The van der Waals surface area contributed by atoms with E-state index in [4.69, 9.17) is 5.73 Å². The van der Waals surface area contributed by atoms with Crippen molar-refractivity contribution >= 4 is 5.91 Å². The molecule has 1 aliphatic rings. The molecule has 0 heterocycles. The third-order valence-corrected chi connectivity index (χ3v) is 2.94. The number of amides is 1. The molecule has 3 heteroatoms. The number of rotatable bonds is 4. The molecule has 0 bridgehead atoms. The molecule has 1 aliphatic carbocycles. The minimum absolute atomic E-state index is 0.202. The van der Waals surface area contributed by atoms with E-state index in [2.05, 4.69) is 0 Å². The highest BCUT2D eigenvalue weighted by Gasteiger charge is 2.30. The Bertz CT molecular complexity index is 197. The fourth-order valence-electron chi connectivity index (χ4n) is 1.18. The molecular weight excluding hydrogens is 164 g/mol. The minimum Gasteiger partial charge on any atom is -0.339 e. The van der Waals surface area contributed by atoms with E-state index in [-0.39, 0.29) is 11.4 Å². The molecule has 0 aromatic rings. The second-order valence-corrected chi connectivity index (χ2v) is 4.62. The average molecular weight is 184 g/mol. The van der Waals surface area contributed by atoms with Crippen molar-refractivity contribution in [2.24, 2.45) is 11.7 Å². The van der Waals surface area contributed by atoms with E-state index in [1.54, 1.807) is 4.90 Å². The monoisotopic (exact) mass is 184 g/mol. The van der Waals surface area contributed by atoms with Crippen molar-refractivity contribution in [3.63, 3.8) is 0 Å². The van der Waals surface area contributed by atoms with Crippen LogP contribution in [0.15, 0.2) is 0 Å². The van der Waals surface area contributed by atoms with Crippen molar-refractivity contribution in [3.8, 4) is 0 Å². The Morgan fingerprint density at radius 2 is 2.08 bits per heavy atom. The topological polar surface area (TPSA) is 46.3 Å². The van der Waals surface area contributed by atoms with Gasteiger partial charge in [-0.25, -0.2) is 0 Å². The SMILES string of the molecule is CN(C(=O)CC1CC1)C(C)(C)CN. The Hall–Kier alpha value is -0.570. The molecule has 0 aromatic heterocycles. The quantitative estimate of drug-likeness (QED) is 0.708. The van der Waals surface area contributed by atoms with Crippen LogP contribution >= 0.6 is 0 Å². The van der Waals surface area contributed by atoms with E-state index in [0.29, 0.717) is 18.9 Å². The predicted octanol–water partition coefficient (Wildman–Crippen LogP) is 0.982. The molecule has 0 spiro atoms. The Morgan fingerprint density at radius 1 is 1.54 bits per heavy atom. The molecule has 13 heavy (non-hydrogen) atoms. The molecule has 0 unspecified atom stereocenters. The molecule has 0 aliphatic heterocycles. The molecule has 0 saturated heterocycles. The molecule has 1 amide bonds. The first-order valence-corrected chi connectivity index (χ1v) is 4.94. The third-order valence-electron chi connectivity index (χ3n) is 2.94. The van der Waals surface area contributed by atoms with Gasteiger partial charge in [-0.1, -0.05) is 0 Å². The van der Waals surface area contributed by atoms with Gasteiger partial charge in [0.25, 0.3) is 0 Å². The van der Waals surface area contributed by atoms with Crippen molar-refractivity contribution in [3.05, 3.63) is 0 Å². The Balaban J connectivity index is 2.44. The van der Waals surface area contributed by atoms with E-state index in [9.17, 15) is 4.79 Å². The lowest BCUT2D eigenvalue weighted by Gasteiger charge is -2.34. The summed E-state index contributed by atoms with van der Waals surface area (Å²) in [5.74, 6) is 0.890. The first-order chi connectivity index (χ1) is 5.97. The Kier molecular flexibility index (Phi) is 2.96. The zero-order valence-electron chi connectivity index (χ0n) is 8.84. The van der Waals surface area contributed by atoms with Gasteiger partial charge in [-0.15, -0.1) is 0 Å². The zero-order chi connectivity index (χ0) is 10.1. The highest BCUT2D eigenvalue weighted by molar-refractivity contribution is 5.77. The van der Waals surface area contributed by atoms with E-state index < -0.39 is 0 Å². The lowest BCUT2D eigenvalue weighted by Crippen LogP contribution is -2.50. The average Bonchev–Trinajstić information content (AvgIpc) is 2.86. The molecule has 0 atom stereocenters. The fraction of sp³-hybridized carbons (Fsp3) is 0.900. The fourth-order valence-corrected chi connectivity index (χ4v) is 1.18. The van der Waals surface area contributed by atoms with Crippen LogP contribution in [0, 0.1) is 5.92 Å². The van der Waals surface area contributed by atoms with Gasteiger partial charge in [-0.05, 0) is 32.6 Å². The highest BCUT2D eigenvalue weighted by atomic mass is 16.2. The van der Waals surface area contributed by atoms with Crippen LogP contribution in [-0.2, 0) is 4.79 Å². The summed E-state index contributed by atoms with van der Waals surface area (Å²) in [5.41, 5.74) is 5.40. The van der Waals surface area contributed by atoms with Crippen molar-refractivity contribution in [2.75, 3.05) is 13.6 Å². The standard InChI is InChI=1S/C10H20N2O/c1-10(2,7-11)12(3)9(13)6-8-4-5-8/h8H,4-7,11H2,1-3H3. The van der Waals surface area contributed by atoms with E-state index in [0.717, 1.165) is 0 Å². The maximum absolute atomic E-state index is 11.7. The molecule has 76 valence electrons. The number of carbonyl (C=O) groups excluding carboxylic acids is 1. The van der Waals surface area contributed by atoms with E-state index in [1.165, 1.54) is 12.8 Å². The second kappa shape index (κ2) is 3.66. The van der Waals surface area contributed by atoms with Crippen LogP contribution < -0.4 is 5.73 Å². The molecule has 0 radical (unpaired) electrons. The largest absolute Gasteiger partial charge is 0.339 e. The molecule has 0 aromatic carbocycles. The summed E-state index contributed by atoms with van der Waals surface area (Å²) < 4.78 is 0. The van der Waals surface area contributed by atoms with Crippen LogP contribution in [0.5, 0.6) is 0 Å². The number of nitrogens with two attached hydrogens (primary N) is 1. The molecule has 2 N–H and O–H groups in total. The number of hydrogen-bond acceptors (Lipinski definition) is 2. The maximum atomic E-state index is 11.7. The maximum Gasteiger partial charge on any atom is 0.223 e. The van der Waals surface area contributed by atoms with E-state index >= 15 is 0 Å². The predicted molar refractivity (Wildman–Crippen MR) is 53.2 cm³/mol. The molecule has 1 saturated carbocycles. The summed E-state index contributed by atoms with van der Waals surface area (Å²) >= 11 is 0. The molecule has 3 nitrogen and oxygen atoms in total. The Labute approximate surface area is 80.3 Å². The van der Waals surface area contributed by atoms with Crippen LogP contribution in [0.4, 0.5) is 0 Å². The van der Waals surface area contributed by atoms with Gasteiger partial charge >= 0.3 is 0 Å². The van der Waals surface area contributed by atoms with Gasteiger partial charge in [-0.3, -0.25) is 4.79 Å². The van der Waals surface area contributed by atoms with E-state index in [1.807, 2.05) is 20.9 Å². The van der Waals surface area contributed by atoms with Crippen LogP contribution in [0.2, 0.25) is 0 Å². The van der Waals surface area contributed by atoms with Gasteiger partial charge in [0.2, 0.25) is 5.91 Å². The Morgan fingerprint density at radius 3 is 2.46 bits per heavy atom. The minimum atomic E-state index is -0.202. The second-order valence-electron chi connectivity index (χ2n) is 4.62. The van der Waals surface area contributed by atoms with Crippen molar-refractivity contribution in [1.29, 1.82) is 0 Å². The van der Waals surface area contributed by atoms with Crippen molar-refractivity contribution in [2.45, 2.75) is 38.6 Å². The molecule has 1 fully saturated rings. The number of nitrogens with zero attached hydrogens (tertiary/aromatic N) is 1. The van der Waals surface area contributed by atoms with Crippen LogP contribution in [0.25, 0.3) is 0 Å².